The average Bonchev–Trinajstić information content (AvgIpc) is 2.74. The number of nitrogens with zero attached hydrogens (tertiary/aromatic N) is 2. The number of benzene rings is 3. The molecule has 0 saturated heterocycles. The molecule has 0 amide bonds. The zero-order chi connectivity index (χ0) is 20.0. The zero-order valence-corrected chi connectivity index (χ0v) is 17.6. The lowest BCUT2D eigenvalue weighted by Gasteiger charge is -2.33. The maximum atomic E-state index is 9.61. The van der Waals surface area contributed by atoms with E-state index in [1.165, 1.54) is 15.9 Å². The first-order valence-electron chi connectivity index (χ1n) is 9.54. The quantitative estimate of drug-likeness (QED) is 0.520. The molecule has 0 spiro atoms. The van der Waals surface area contributed by atoms with Crippen molar-refractivity contribution in [2.45, 2.75) is 19.6 Å². The summed E-state index contributed by atoms with van der Waals surface area (Å²) in [6.07, 6.45) is 0. The van der Waals surface area contributed by atoms with Crippen LogP contribution in [0.4, 0.5) is 5.69 Å². The highest BCUT2D eigenvalue weighted by molar-refractivity contribution is 6.95. The molecule has 0 N–H and O–H groups in total. The number of hydrogen-bond acceptors (Lipinski definition) is 2. The molecular weight excluding hydrogens is 356 g/mol. The number of hydrogen-bond donors (Lipinski definition) is 0. The molecule has 3 heteroatoms. The zero-order valence-electron chi connectivity index (χ0n) is 16.6. The summed E-state index contributed by atoms with van der Waals surface area (Å²) >= 11 is 0. The molecule has 2 nitrogen and oxygen atoms in total. The summed E-state index contributed by atoms with van der Waals surface area (Å²) in [4.78, 5) is 2.29. The summed E-state index contributed by atoms with van der Waals surface area (Å²) in [5.41, 5.74) is 2.89. The summed E-state index contributed by atoms with van der Waals surface area (Å²) in [6, 6.07) is 31.3. The number of para-hydroxylation sites is 1. The monoisotopic (exact) mass is 382 g/mol. The van der Waals surface area contributed by atoms with Gasteiger partial charge in [-0.15, -0.1) is 6.58 Å². The van der Waals surface area contributed by atoms with Crippen LogP contribution in [0.1, 0.15) is 11.1 Å². The molecule has 0 saturated carbocycles. The lowest BCUT2D eigenvalue weighted by molar-refractivity contribution is 0.857. The van der Waals surface area contributed by atoms with Crippen LogP contribution < -0.4 is 10.1 Å². The molecule has 3 aromatic carbocycles. The Balaban J connectivity index is 1.93. The van der Waals surface area contributed by atoms with Gasteiger partial charge in [-0.05, 0) is 17.7 Å². The SMILES string of the molecule is C=C(CN(Cc1ccccc1)c1ccccc1C#N)[Si](C)(C)c1ccccc1. The summed E-state index contributed by atoms with van der Waals surface area (Å²) < 4.78 is 0. The molecular formula is C25H26N2Si. The van der Waals surface area contributed by atoms with Gasteiger partial charge in [0.05, 0.1) is 11.3 Å². The fourth-order valence-electron chi connectivity index (χ4n) is 3.36. The van der Waals surface area contributed by atoms with E-state index in [1.54, 1.807) is 0 Å². The predicted molar refractivity (Wildman–Crippen MR) is 121 cm³/mol. The standard InChI is InChI=1S/C25H26N2Si/c1-21(28(2,3)24-15-8-5-9-16-24)19-27(20-22-12-6-4-7-13-22)25-17-11-10-14-23(25)18-26/h4-17H,1,19-20H2,2-3H3. The lowest BCUT2D eigenvalue weighted by Crippen LogP contribution is -2.47. The van der Waals surface area contributed by atoms with Crippen molar-refractivity contribution >= 4 is 18.9 Å². The molecule has 0 aliphatic rings. The summed E-state index contributed by atoms with van der Waals surface area (Å²) in [7, 11) is -1.84. The molecule has 3 rings (SSSR count). The van der Waals surface area contributed by atoms with Gasteiger partial charge in [0.2, 0.25) is 0 Å². The van der Waals surface area contributed by atoms with Gasteiger partial charge >= 0.3 is 0 Å². The first-order valence-corrected chi connectivity index (χ1v) is 12.5. The fourth-order valence-corrected chi connectivity index (χ4v) is 5.38. The van der Waals surface area contributed by atoms with Gasteiger partial charge < -0.3 is 4.90 Å². The third-order valence-corrected chi connectivity index (χ3v) is 9.05. The van der Waals surface area contributed by atoms with Gasteiger partial charge in [-0.25, -0.2) is 0 Å². The lowest BCUT2D eigenvalue weighted by atomic mass is 10.1. The maximum Gasteiger partial charge on any atom is 0.109 e. The van der Waals surface area contributed by atoms with Crippen molar-refractivity contribution in [3.8, 4) is 6.07 Å². The second-order valence-electron chi connectivity index (χ2n) is 7.57. The van der Waals surface area contributed by atoms with Gasteiger partial charge in [0.1, 0.15) is 14.1 Å². The van der Waals surface area contributed by atoms with E-state index in [-0.39, 0.29) is 0 Å². The molecule has 0 aliphatic carbocycles. The van der Waals surface area contributed by atoms with Crippen molar-refractivity contribution in [1.29, 1.82) is 5.26 Å². The van der Waals surface area contributed by atoms with Crippen LogP contribution in [0.15, 0.2) is 96.7 Å². The number of nitriles is 1. The smallest absolute Gasteiger partial charge is 0.109 e. The Hall–Kier alpha value is -3.09. The Bertz CT molecular complexity index is 972. The molecule has 0 fully saturated rings. The summed E-state index contributed by atoms with van der Waals surface area (Å²) in [6.45, 7) is 10.7. The van der Waals surface area contributed by atoms with Gasteiger partial charge in [0.25, 0.3) is 0 Å². The second kappa shape index (κ2) is 8.73. The highest BCUT2D eigenvalue weighted by Crippen LogP contribution is 2.25. The molecule has 3 aromatic rings. The molecule has 0 heterocycles. The molecule has 0 aromatic heterocycles. The van der Waals surface area contributed by atoms with E-state index in [9.17, 15) is 5.26 Å². The molecule has 0 aliphatic heterocycles. The van der Waals surface area contributed by atoms with E-state index in [1.807, 2.05) is 30.3 Å². The van der Waals surface area contributed by atoms with Crippen LogP contribution in [-0.4, -0.2) is 14.6 Å². The Kier molecular flexibility index (Phi) is 6.13. The molecule has 28 heavy (non-hydrogen) atoms. The topological polar surface area (TPSA) is 27.0 Å². The van der Waals surface area contributed by atoms with Crippen LogP contribution >= 0.6 is 0 Å². The van der Waals surface area contributed by atoms with Crippen molar-refractivity contribution in [3.63, 3.8) is 0 Å². The van der Waals surface area contributed by atoms with Crippen LogP contribution in [0, 0.1) is 11.3 Å². The average molecular weight is 383 g/mol. The van der Waals surface area contributed by atoms with Gasteiger partial charge in [0.15, 0.2) is 0 Å². The van der Waals surface area contributed by atoms with E-state index in [2.05, 4.69) is 85.2 Å². The highest BCUT2D eigenvalue weighted by atomic mass is 28.3. The fraction of sp³-hybridized carbons (Fsp3) is 0.160. The van der Waals surface area contributed by atoms with Gasteiger partial charge in [-0.3, -0.25) is 0 Å². The van der Waals surface area contributed by atoms with E-state index < -0.39 is 8.07 Å². The van der Waals surface area contributed by atoms with Crippen LogP contribution in [0.3, 0.4) is 0 Å². The normalized spacial score (nSPS) is 10.9. The molecule has 0 bridgehead atoms. The minimum Gasteiger partial charge on any atom is -0.363 e. The van der Waals surface area contributed by atoms with Crippen LogP contribution in [0.2, 0.25) is 13.1 Å². The maximum absolute atomic E-state index is 9.61. The van der Waals surface area contributed by atoms with Crippen molar-refractivity contribution < 1.29 is 0 Å². The van der Waals surface area contributed by atoms with E-state index in [0.717, 1.165) is 18.8 Å². The van der Waals surface area contributed by atoms with Gasteiger partial charge in [0, 0.05) is 13.1 Å². The van der Waals surface area contributed by atoms with Crippen molar-refractivity contribution in [1.82, 2.24) is 0 Å². The van der Waals surface area contributed by atoms with Crippen molar-refractivity contribution in [2.24, 2.45) is 0 Å². The third kappa shape index (κ3) is 4.41. The van der Waals surface area contributed by atoms with Gasteiger partial charge in [-0.2, -0.15) is 5.26 Å². The van der Waals surface area contributed by atoms with Crippen molar-refractivity contribution in [3.05, 3.63) is 108 Å². The van der Waals surface area contributed by atoms with E-state index in [4.69, 9.17) is 0 Å². The Morgan fingerprint density at radius 3 is 2.11 bits per heavy atom. The van der Waals surface area contributed by atoms with E-state index >= 15 is 0 Å². The summed E-state index contributed by atoms with van der Waals surface area (Å²) in [5.74, 6) is 0. The Morgan fingerprint density at radius 1 is 0.893 bits per heavy atom. The third-order valence-electron chi connectivity index (χ3n) is 5.34. The Morgan fingerprint density at radius 2 is 1.46 bits per heavy atom. The molecule has 0 radical (unpaired) electrons. The predicted octanol–water partition coefficient (Wildman–Crippen LogP) is 5.28. The minimum absolute atomic E-state index is 0.699. The number of anilines is 1. The van der Waals surface area contributed by atoms with Gasteiger partial charge in [-0.1, -0.05) is 96.3 Å². The molecule has 0 atom stereocenters. The highest BCUT2D eigenvalue weighted by Gasteiger charge is 2.28. The van der Waals surface area contributed by atoms with Crippen LogP contribution in [0.25, 0.3) is 0 Å². The Labute approximate surface area is 169 Å². The second-order valence-corrected chi connectivity index (χ2v) is 12.1. The first kappa shape index (κ1) is 19.7. The van der Waals surface area contributed by atoms with E-state index in [0.29, 0.717) is 5.56 Å². The summed E-state index contributed by atoms with van der Waals surface area (Å²) in [5, 5.41) is 12.2. The molecule has 140 valence electrons. The minimum atomic E-state index is -1.84. The largest absolute Gasteiger partial charge is 0.363 e. The molecule has 0 unspecified atom stereocenters. The van der Waals surface area contributed by atoms with Crippen molar-refractivity contribution in [2.75, 3.05) is 11.4 Å². The van der Waals surface area contributed by atoms with Crippen LogP contribution in [-0.2, 0) is 6.54 Å². The first-order chi connectivity index (χ1) is 13.5. The van der Waals surface area contributed by atoms with Crippen LogP contribution in [0.5, 0.6) is 0 Å². The number of rotatable bonds is 7.